The average molecular weight is 430 g/mol. The molecule has 0 aliphatic heterocycles. The number of benzene rings is 3. The Morgan fingerprint density at radius 2 is 1.62 bits per heavy atom. The monoisotopic (exact) mass is 429 g/mol. The lowest BCUT2D eigenvalue weighted by Crippen LogP contribution is -2.29. The van der Waals surface area contributed by atoms with Gasteiger partial charge in [0.15, 0.2) is 0 Å². The van der Waals surface area contributed by atoms with Crippen LogP contribution in [0.2, 0.25) is 5.02 Å². The van der Waals surface area contributed by atoms with E-state index in [-0.39, 0.29) is 17.3 Å². The highest BCUT2D eigenvalue weighted by Crippen LogP contribution is 2.26. The maximum atomic E-state index is 13.0. The number of halogens is 1. The highest BCUT2D eigenvalue weighted by molar-refractivity contribution is 7.89. The van der Waals surface area contributed by atoms with Crippen LogP contribution in [0.1, 0.15) is 22.7 Å². The van der Waals surface area contributed by atoms with Gasteiger partial charge in [0.05, 0.1) is 24.5 Å². The second-order valence-corrected chi connectivity index (χ2v) is 8.57. The molecule has 1 atom stereocenters. The second-order valence-electron chi connectivity index (χ2n) is 6.42. The van der Waals surface area contributed by atoms with Gasteiger partial charge in [0.2, 0.25) is 10.0 Å². The lowest BCUT2D eigenvalue weighted by molar-refractivity contribution is -0.139. The number of hydrogen-bond donors (Lipinski definition) is 1. The Labute approximate surface area is 175 Å². The maximum Gasteiger partial charge on any atom is 0.309 e. The normalized spacial score (nSPS) is 12.3. The highest BCUT2D eigenvalue weighted by Gasteiger charge is 2.23. The third-order valence-corrected chi connectivity index (χ3v) is 6.08. The van der Waals surface area contributed by atoms with E-state index in [0.717, 1.165) is 16.7 Å². The van der Waals surface area contributed by atoms with E-state index in [1.165, 1.54) is 31.4 Å². The molecule has 0 saturated heterocycles. The number of sulfonamides is 1. The van der Waals surface area contributed by atoms with E-state index >= 15 is 0 Å². The van der Waals surface area contributed by atoms with Crippen molar-refractivity contribution in [2.45, 2.75) is 17.4 Å². The van der Waals surface area contributed by atoms with Gasteiger partial charge in [0, 0.05) is 5.02 Å². The van der Waals surface area contributed by atoms with Gasteiger partial charge in [-0.05, 0) is 41.0 Å². The fraction of sp³-hybridized carbons (Fsp3) is 0.136. The summed E-state index contributed by atoms with van der Waals surface area (Å²) in [4.78, 5) is 11.7. The molecule has 5 nitrogen and oxygen atoms in total. The Bertz CT molecular complexity index is 1080. The molecule has 150 valence electrons. The zero-order valence-corrected chi connectivity index (χ0v) is 17.3. The van der Waals surface area contributed by atoms with Crippen molar-refractivity contribution in [1.82, 2.24) is 4.72 Å². The van der Waals surface area contributed by atoms with E-state index in [0.29, 0.717) is 5.02 Å². The van der Waals surface area contributed by atoms with E-state index in [4.69, 9.17) is 16.3 Å². The Kier molecular flexibility index (Phi) is 6.69. The van der Waals surface area contributed by atoms with Crippen LogP contribution in [0.4, 0.5) is 0 Å². The predicted molar refractivity (Wildman–Crippen MR) is 112 cm³/mol. The Morgan fingerprint density at radius 1 is 0.966 bits per heavy atom. The standard InChI is InChI=1S/C22H20ClNO4S/c1-28-21(25)15-16-6-5-9-18(14-16)22(17-7-3-2-4-8-17)24-29(26,27)20-12-10-19(23)11-13-20/h2-14,22,24H,15H2,1H3. The summed E-state index contributed by atoms with van der Waals surface area (Å²) in [6.45, 7) is 0. The van der Waals surface area contributed by atoms with Gasteiger partial charge < -0.3 is 4.74 Å². The van der Waals surface area contributed by atoms with E-state index in [2.05, 4.69) is 4.72 Å². The van der Waals surface area contributed by atoms with Crippen LogP contribution >= 0.6 is 11.6 Å². The van der Waals surface area contributed by atoms with E-state index in [1.54, 1.807) is 18.2 Å². The average Bonchev–Trinajstić information content (AvgIpc) is 2.73. The molecule has 0 aliphatic rings. The molecule has 3 aromatic rings. The van der Waals surface area contributed by atoms with Gasteiger partial charge in [-0.15, -0.1) is 0 Å². The van der Waals surface area contributed by atoms with Crippen molar-refractivity contribution in [2.75, 3.05) is 7.11 Å². The topological polar surface area (TPSA) is 72.5 Å². The van der Waals surface area contributed by atoms with E-state index in [1.807, 2.05) is 36.4 Å². The zero-order valence-electron chi connectivity index (χ0n) is 15.7. The van der Waals surface area contributed by atoms with Gasteiger partial charge >= 0.3 is 5.97 Å². The van der Waals surface area contributed by atoms with Crippen molar-refractivity contribution in [3.8, 4) is 0 Å². The number of carbonyl (C=O) groups excluding carboxylic acids is 1. The number of ether oxygens (including phenoxy) is 1. The fourth-order valence-electron chi connectivity index (χ4n) is 2.93. The number of carbonyl (C=O) groups is 1. The molecule has 0 aliphatic carbocycles. The number of nitrogens with one attached hydrogen (secondary N) is 1. The molecule has 1 unspecified atom stereocenters. The summed E-state index contributed by atoms with van der Waals surface area (Å²) >= 11 is 5.88. The van der Waals surface area contributed by atoms with Gasteiger partial charge in [-0.25, -0.2) is 8.42 Å². The summed E-state index contributed by atoms with van der Waals surface area (Å²) in [5, 5.41) is 0.457. The van der Waals surface area contributed by atoms with Crippen LogP contribution in [0.5, 0.6) is 0 Å². The van der Waals surface area contributed by atoms with Crippen LogP contribution in [0.15, 0.2) is 83.8 Å². The molecule has 29 heavy (non-hydrogen) atoms. The molecule has 0 aromatic heterocycles. The summed E-state index contributed by atoms with van der Waals surface area (Å²) in [5.74, 6) is -0.361. The molecular weight excluding hydrogens is 410 g/mol. The van der Waals surface area contributed by atoms with Crippen molar-refractivity contribution >= 4 is 27.6 Å². The number of esters is 1. The summed E-state index contributed by atoms with van der Waals surface area (Å²) in [7, 11) is -2.48. The van der Waals surface area contributed by atoms with Gasteiger partial charge in [-0.3, -0.25) is 4.79 Å². The lowest BCUT2D eigenvalue weighted by Gasteiger charge is -2.20. The first kappa shape index (κ1) is 21.0. The molecule has 0 saturated carbocycles. The van der Waals surface area contributed by atoms with Crippen LogP contribution < -0.4 is 4.72 Å². The Balaban J connectivity index is 1.99. The van der Waals surface area contributed by atoms with Crippen molar-refractivity contribution in [2.24, 2.45) is 0 Å². The minimum Gasteiger partial charge on any atom is -0.469 e. The predicted octanol–water partition coefficient (Wildman–Crippen LogP) is 4.12. The van der Waals surface area contributed by atoms with Crippen LogP contribution in [0, 0.1) is 0 Å². The smallest absolute Gasteiger partial charge is 0.309 e. The molecule has 0 spiro atoms. The molecule has 7 heteroatoms. The molecule has 0 amide bonds. The molecule has 0 bridgehead atoms. The van der Waals surface area contributed by atoms with Crippen molar-refractivity contribution in [3.63, 3.8) is 0 Å². The van der Waals surface area contributed by atoms with Crippen molar-refractivity contribution < 1.29 is 17.9 Å². The maximum absolute atomic E-state index is 13.0. The summed E-state index contributed by atoms with van der Waals surface area (Å²) in [5.41, 5.74) is 2.23. The molecule has 3 rings (SSSR count). The van der Waals surface area contributed by atoms with Gasteiger partial charge in [0.25, 0.3) is 0 Å². The number of methoxy groups -OCH3 is 1. The first-order valence-corrected chi connectivity index (χ1v) is 10.7. The van der Waals surface area contributed by atoms with Crippen molar-refractivity contribution in [1.29, 1.82) is 0 Å². The van der Waals surface area contributed by atoms with E-state index in [9.17, 15) is 13.2 Å². The second kappa shape index (κ2) is 9.22. The van der Waals surface area contributed by atoms with Crippen LogP contribution in [-0.4, -0.2) is 21.5 Å². The first-order chi connectivity index (χ1) is 13.9. The largest absolute Gasteiger partial charge is 0.469 e. The fourth-order valence-corrected chi connectivity index (χ4v) is 4.27. The van der Waals surface area contributed by atoms with E-state index < -0.39 is 16.1 Å². The minimum absolute atomic E-state index is 0.107. The van der Waals surface area contributed by atoms with Gasteiger partial charge in [0.1, 0.15) is 0 Å². The molecular formula is C22H20ClNO4S. The summed E-state index contributed by atoms with van der Waals surface area (Å²) in [6, 6.07) is 21.8. The minimum atomic E-state index is -3.81. The highest BCUT2D eigenvalue weighted by atomic mass is 35.5. The Hall–Kier alpha value is -2.67. The summed E-state index contributed by atoms with van der Waals surface area (Å²) < 4.78 is 33.5. The number of rotatable bonds is 7. The third-order valence-electron chi connectivity index (χ3n) is 4.39. The van der Waals surface area contributed by atoms with Gasteiger partial charge in [-0.1, -0.05) is 66.2 Å². The number of hydrogen-bond acceptors (Lipinski definition) is 4. The molecule has 1 N–H and O–H groups in total. The van der Waals surface area contributed by atoms with Crippen LogP contribution in [0.3, 0.4) is 0 Å². The van der Waals surface area contributed by atoms with Crippen LogP contribution in [-0.2, 0) is 26.0 Å². The molecule has 0 radical (unpaired) electrons. The van der Waals surface area contributed by atoms with Crippen LogP contribution in [0.25, 0.3) is 0 Å². The Morgan fingerprint density at radius 3 is 2.28 bits per heavy atom. The SMILES string of the molecule is COC(=O)Cc1cccc(C(NS(=O)(=O)c2ccc(Cl)cc2)c2ccccc2)c1. The zero-order chi connectivity index (χ0) is 20.9. The molecule has 0 heterocycles. The first-order valence-electron chi connectivity index (χ1n) is 8.87. The van der Waals surface area contributed by atoms with Gasteiger partial charge in [-0.2, -0.15) is 4.72 Å². The van der Waals surface area contributed by atoms with Crippen molar-refractivity contribution in [3.05, 3.63) is 101 Å². The summed E-state index contributed by atoms with van der Waals surface area (Å²) in [6.07, 6.45) is 0.107. The lowest BCUT2D eigenvalue weighted by atomic mass is 9.97. The third kappa shape index (κ3) is 5.44. The quantitative estimate of drug-likeness (QED) is 0.573. The molecule has 3 aromatic carbocycles. The molecule has 0 fully saturated rings.